The van der Waals surface area contributed by atoms with Gasteiger partial charge in [-0.2, -0.15) is 0 Å². The lowest BCUT2D eigenvalue weighted by molar-refractivity contribution is -0.139. The van der Waals surface area contributed by atoms with Crippen molar-refractivity contribution in [2.45, 2.75) is 136 Å². The number of aliphatic imine (C=N–C) groups is 4. The summed E-state index contributed by atoms with van der Waals surface area (Å²) >= 11 is 0. The number of rotatable bonds is 23. The molecule has 16 heteroatoms. The van der Waals surface area contributed by atoms with Crippen LogP contribution in [0.15, 0.2) is 20.0 Å². The normalized spacial score (nSPS) is 16.2. The third-order valence-electron chi connectivity index (χ3n) is 7.27. The van der Waals surface area contributed by atoms with Crippen LogP contribution in [0.4, 0.5) is 0 Å². The van der Waals surface area contributed by atoms with Crippen LogP contribution in [-0.4, -0.2) is 119 Å². The first-order chi connectivity index (χ1) is 24.8. The van der Waals surface area contributed by atoms with Crippen LogP contribution in [-0.2, 0) is 28.8 Å². The number of aliphatic carboxylic acids is 2. The molecule has 0 radical (unpaired) electrons. The fraction of sp³-hybridized carbons (Fsp3) is 0.833. The van der Waals surface area contributed by atoms with Crippen molar-refractivity contribution >= 4 is 36.3 Å². The summed E-state index contributed by atoms with van der Waals surface area (Å²) in [5, 5.41) is 49.0. The van der Waals surface area contributed by atoms with Crippen LogP contribution in [0.5, 0.6) is 0 Å². The summed E-state index contributed by atoms with van der Waals surface area (Å²) in [4.78, 5) is 73.9. The highest BCUT2D eigenvalue weighted by Crippen LogP contribution is 2.47. The van der Waals surface area contributed by atoms with Crippen molar-refractivity contribution in [2.24, 2.45) is 30.8 Å². The van der Waals surface area contributed by atoms with Crippen LogP contribution in [0.25, 0.3) is 0 Å². The van der Waals surface area contributed by atoms with Crippen molar-refractivity contribution in [3.05, 3.63) is 0 Å². The molecule has 1 fully saturated rings. The summed E-state index contributed by atoms with van der Waals surface area (Å²) in [5.74, 6) is -1.74. The number of hydrogen-bond donors (Lipinski definition) is 6. The molecule has 16 nitrogen and oxygen atoms in total. The van der Waals surface area contributed by atoms with E-state index < -0.39 is 11.9 Å². The number of hydrogen-bond acceptors (Lipinski definition) is 14. The molecule has 0 aliphatic heterocycles. The number of carboxylic acid groups (broad SMARTS) is 2. The van der Waals surface area contributed by atoms with Crippen molar-refractivity contribution in [1.82, 2.24) is 0 Å². The van der Waals surface area contributed by atoms with E-state index in [9.17, 15) is 28.8 Å². The van der Waals surface area contributed by atoms with Gasteiger partial charge in [-0.15, -0.1) is 0 Å². The second-order valence-corrected chi connectivity index (χ2v) is 13.2. The van der Waals surface area contributed by atoms with Gasteiger partial charge in [-0.25, -0.2) is 39.1 Å². The molecule has 300 valence electrons. The molecule has 0 aromatic rings. The standard InChI is InChI=1S/C12H18N2O2.C8H12N2O2.C6H10O4.C6H14O2.C4H10O2/c1-11(2)4-10(14-9-16)5-12(3,6-11)7-13-8-15;11-7-9-5-3-1-2-4-6-10-8-12;7-5(8)3-1-2-4-6(9)10;7-5-3-1-2-4-6-8;5-3-1-2-4-6/h10H,4-7H2,1-3H3;1-6H2;1-4H2,(H,7,8)(H,9,10);7-8H,1-6H2;5-6H,1-4H2. The first-order valence-electron chi connectivity index (χ1n) is 17.8. The van der Waals surface area contributed by atoms with Gasteiger partial charge in [0.1, 0.15) is 0 Å². The van der Waals surface area contributed by atoms with Gasteiger partial charge in [0.25, 0.3) is 0 Å². The van der Waals surface area contributed by atoms with Crippen LogP contribution >= 0.6 is 0 Å². The quantitative estimate of drug-likeness (QED) is 0.0481. The van der Waals surface area contributed by atoms with Crippen molar-refractivity contribution in [3.8, 4) is 0 Å². The molecule has 0 heterocycles. The number of carbonyl (C=O) groups excluding carboxylic acids is 4. The van der Waals surface area contributed by atoms with Crippen LogP contribution in [0.3, 0.4) is 0 Å². The fourth-order valence-corrected chi connectivity index (χ4v) is 5.27. The molecular formula is C36H64N4O12. The predicted octanol–water partition coefficient (Wildman–Crippen LogP) is 4.46. The van der Waals surface area contributed by atoms with E-state index in [2.05, 4.69) is 40.7 Å². The number of carboxylic acids is 2. The molecule has 1 saturated carbocycles. The molecule has 0 saturated heterocycles. The van der Waals surface area contributed by atoms with Gasteiger partial charge < -0.3 is 30.6 Å². The lowest BCUT2D eigenvalue weighted by Gasteiger charge is -2.44. The molecule has 1 rings (SSSR count). The molecule has 1 aliphatic carbocycles. The lowest BCUT2D eigenvalue weighted by atomic mass is 9.63. The monoisotopic (exact) mass is 744 g/mol. The highest BCUT2D eigenvalue weighted by atomic mass is 16.4. The molecule has 0 spiro atoms. The first kappa shape index (κ1) is 55.1. The van der Waals surface area contributed by atoms with Gasteiger partial charge in [0.2, 0.25) is 24.3 Å². The van der Waals surface area contributed by atoms with Gasteiger partial charge in [0.15, 0.2) is 0 Å². The number of nitrogens with zero attached hydrogens (tertiary/aromatic N) is 4. The van der Waals surface area contributed by atoms with E-state index in [1.807, 2.05) is 0 Å². The molecule has 0 bridgehead atoms. The maximum absolute atomic E-state index is 10.3. The molecule has 2 atom stereocenters. The van der Waals surface area contributed by atoms with Gasteiger partial charge in [-0.3, -0.25) is 9.59 Å². The number of aliphatic hydroxyl groups is 4. The molecule has 52 heavy (non-hydrogen) atoms. The Labute approximate surface area is 308 Å². The summed E-state index contributed by atoms with van der Waals surface area (Å²) in [7, 11) is 0. The predicted molar refractivity (Wildman–Crippen MR) is 195 cm³/mol. The van der Waals surface area contributed by atoms with Crippen LogP contribution in [0.2, 0.25) is 0 Å². The highest BCUT2D eigenvalue weighted by Gasteiger charge is 2.41. The first-order valence-corrected chi connectivity index (χ1v) is 17.8. The van der Waals surface area contributed by atoms with E-state index in [4.69, 9.17) is 30.6 Å². The third kappa shape index (κ3) is 48.4. The molecule has 1 aliphatic rings. The zero-order valence-corrected chi connectivity index (χ0v) is 31.5. The summed E-state index contributed by atoms with van der Waals surface area (Å²) in [6.07, 6.45) is 19.0. The molecule has 6 N–H and O–H groups in total. The Hall–Kier alpha value is -3.70. The minimum absolute atomic E-state index is 0.00750. The van der Waals surface area contributed by atoms with Gasteiger partial charge >= 0.3 is 11.9 Å². The molecule has 0 aromatic carbocycles. The van der Waals surface area contributed by atoms with E-state index in [1.165, 1.54) is 12.2 Å². The Morgan fingerprint density at radius 1 is 0.558 bits per heavy atom. The number of aliphatic hydroxyl groups excluding tert-OH is 4. The number of carbonyl (C=O) groups is 2. The minimum Gasteiger partial charge on any atom is -0.481 e. The minimum atomic E-state index is -0.870. The largest absolute Gasteiger partial charge is 0.481 e. The second-order valence-electron chi connectivity index (χ2n) is 13.2. The Morgan fingerprint density at radius 2 is 0.942 bits per heavy atom. The highest BCUT2D eigenvalue weighted by molar-refractivity contribution is 5.67. The smallest absolute Gasteiger partial charge is 0.303 e. The zero-order valence-electron chi connectivity index (χ0n) is 31.5. The van der Waals surface area contributed by atoms with Gasteiger partial charge in [-0.1, -0.05) is 46.5 Å². The lowest BCUT2D eigenvalue weighted by Crippen LogP contribution is -2.39. The SMILES string of the molecule is CC1(C)CC(N=C=O)CC(C)(CN=C=O)C1.O=C(O)CCCCC(=O)O.O=C=NCCCCCCN=C=O.OCCCCCCO.OCCCCO. The van der Waals surface area contributed by atoms with Crippen molar-refractivity contribution in [1.29, 1.82) is 0 Å². The van der Waals surface area contributed by atoms with Gasteiger partial charge in [0.05, 0.1) is 25.7 Å². The Kier molecular flexibility index (Phi) is 44.2. The fourth-order valence-electron chi connectivity index (χ4n) is 5.27. The second kappa shape index (κ2) is 41.7. The molecular weight excluding hydrogens is 680 g/mol. The maximum atomic E-state index is 10.3. The molecule has 0 amide bonds. The van der Waals surface area contributed by atoms with E-state index >= 15 is 0 Å². The van der Waals surface area contributed by atoms with Crippen molar-refractivity contribution in [2.75, 3.05) is 46.1 Å². The summed E-state index contributed by atoms with van der Waals surface area (Å²) in [5.41, 5.74) is 0.0561. The van der Waals surface area contributed by atoms with Crippen LogP contribution < -0.4 is 0 Å². The Bertz CT molecular complexity index is 1020. The summed E-state index contributed by atoms with van der Waals surface area (Å²) in [6.45, 7) is 8.93. The topological polar surface area (TPSA) is 273 Å². The van der Waals surface area contributed by atoms with Crippen LogP contribution in [0.1, 0.15) is 130 Å². The molecule has 0 aromatic heterocycles. The molecule has 2 unspecified atom stereocenters. The number of unbranched alkanes of at least 4 members (excludes halogenated alkanes) is 8. The summed E-state index contributed by atoms with van der Waals surface area (Å²) in [6, 6.07) is 0.00750. The maximum Gasteiger partial charge on any atom is 0.303 e. The average Bonchev–Trinajstić information content (AvgIpc) is 3.08. The Morgan fingerprint density at radius 3 is 1.29 bits per heavy atom. The van der Waals surface area contributed by atoms with Gasteiger partial charge in [0, 0.05) is 39.3 Å². The third-order valence-corrected chi connectivity index (χ3v) is 7.27. The van der Waals surface area contributed by atoms with E-state index in [-0.39, 0.29) is 56.1 Å². The van der Waals surface area contributed by atoms with E-state index in [0.29, 0.717) is 32.5 Å². The van der Waals surface area contributed by atoms with Crippen molar-refractivity contribution in [3.63, 3.8) is 0 Å². The Balaban J connectivity index is -0.000000288. The van der Waals surface area contributed by atoms with Gasteiger partial charge in [-0.05, 0) is 81.5 Å². The van der Waals surface area contributed by atoms with Crippen LogP contribution in [0, 0.1) is 10.8 Å². The van der Waals surface area contributed by atoms with E-state index in [1.54, 1.807) is 12.2 Å². The summed E-state index contributed by atoms with van der Waals surface area (Å²) < 4.78 is 0. The van der Waals surface area contributed by atoms with E-state index in [0.717, 1.165) is 83.5 Å². The zero-order chi connectivity index (χ0) is 40.4. The number of isocyanates is 4. The average molecular weight is 745 g/mol. The van der Waals surface area contributed by atoms with Crippen molar-refractivity contribution < 1.29 is 59.4 Å².